The van der Waals surface area contributed by atoms with E-state index in [9.17, 15) is 0 Å². The van der Waals surface area contributed by atoms with E-state index in [4.69, 9.17) is 0 Å². The van der Waals surface area contributed by atoms with Crippen LogP contribution in [0.3, 0.4) is 0 Å². The Labute approximate surface area is 206 Å². The third-order valence-electron chi connectivity index (χ3n) is 7.89. The normalized spacial score (nSPS) is 16.3. The average molecular weight is 453 g/mol. The molecular weight excluding hydrogens is 424 g/mol. The van der Waals surface area contributed by atoms with Gasteiger partial charge in [0, 0.05) is 33.3 Å². The molecule has 0 fully saturated rings. The van der Waals surface area contributed by atoms with Crippen LogP contribution in [-0.4, -0.2) is 4.57 Å². The zero-order valence-electron chi connectivity index (χ0n) is 20.2. The first-order valence-corrected chi connectivity index (χ1v) is 12.5. The molecule has 1 N–H and O–H groups in total. The van der Waals surface area contributed by atoms with Gasteiger partial charge in [0.1, 0.15) is 0 Å². The number of nitrogens with zero attached hydrogens (tertiary/aromatic N) is 1. The van der Waals surface area contributed by atoms with Crippen LogP contribution in [0, 0.1) is 0 Å². The van der Waals surface area contributed by atoms with Crippen LogP contribution in [0.2, 0.25) is 0 Å². The van der Waals surface area contributed by atoms with Crippen molar-refractivity contribution in [1.82, 2.24) is 4.57 Å². The molecule has 7 rings (SSSR count). The lowest BCUT2D eigenvalue weighted by Crippen LogP contribution is -2.18. The Morgan fingerprint density at radius 2 is 1.46 bits per heavy atom. The molecule has 2 nitrogen and oxygen atoms in total. The lowest BCUT2D eigenvalue weighted by atomic mass is 9.79. The highest BCUT2D eigenvalue weighted by Crippen LogP contribution is 2.51. The predicted octanol–water partition coefficient (Wildman–Crippen LogP) is 8.62. The first kappa shape index (κ1) is 20.3. The number of anilines is 1. The van der Waals surface area contributed by atoms with Crippen molar-refractivity contribution in [2.45, 2.75) is 32.1 Å². The van der Waals surface area contributed by atoms with Crippen LogP contribution >= 0.6 is 0 Å². The summed E-state index contributed by atoms with van der Waals surface area (Å²) in [5.74, 6) is 0. The minimum absolute atomic E-state index is 0.0363. The molecule has 0 atom stereocenters. The van der Waals surface area contributed by atoms with Gasteiger partial charge < -0.3 is 9.88 Å². The Kier molecular flexibility index (Phi) is 4.35. The standard InChI is InChI=1S/C33H28N2/c1-33(2)27-15-8-6-13-24(27)25-20-19-22(21-28(25)33)34-29-16-10-18-31-32(29)26-14-7-9-17-30(26)35(31)23-11-4-3-5-12-23/h3-18,21,34H,19-20H2,1-2H3. The summed E-state index contributed by atoms with van der Waals surface area (Å²) in [7, 11) is 0. The molecule has 1 heterocycles. The van der Waals surface area contributed by atoms with Crippen LogP contribution in [0.5, 0.6) is 0 Å². The van der Waals surface area contributed by atoms with Gasteiger partial charge in [0.2, 0.25) is 0 Å². The summed E-state index contributed by atoms with van der Waals surface area (Å²) < 4.78 is 2.38. The van der Waals surface area contributed by atoms with Crippen molar-refractivity contribution in [1.29, 1.82) is 0 Å². The Morgan fingerprint density at radius 3 is 2.34 bits per heavy atom. The predicted molar refractivity (Wildman–Crippen MR) is 148 cm³/mol. The van der Waals surface area contributed by atoms with Crippen molar-refractivity contribution in [3.63, 3.8) is 0 Å². The highest BCUT2D eigenvalue weighted by molar-refractivity contribution is 6.15. The minimum Gasteiger partial charge on any atom is -0.358 e. The van der Waals surface area contributed by atoms with Crippen molar-refractivity contribution < 1.29 is 0 Å². The largest absolute Gasteiger partial charge is 0.358 e. The van der Waals surface area contributed by atoms with Gasteiger partial charge in [-0.1, -0.05) is 80.6 Å². The van der Waals surface area contributed by atoms with E-state index < -0.39 is 0 Å². The number of hydrogen-bond donors (Lipinski definition) is 1. The molecular formula is C33H28N2. The van der Waals surface area contributed by atoms with Crippen LogP contribution in [0.1, 0.15) is 37.8 Å². The maximum atomic E-state index is 3.87. The fourth-order valence-electron chi connectivity index (χ4n) is 6.25. The molecule has 4 aromatic carbocycles. The second-order valence-corrected chi connectivity index (χ2v) is 10.2. The number of para-hydroxylation sites is 2. The molecule has 0 aliphatic heterocycles. The summed E-state index contributed by atoms with van der Waals surface area (Å²) in [4.78, 5) is 0. The van der Waals surface area contributed by atoms with Gasteiger partial charge in [0.05, 0.1) is 11.0 Å². The highest BCUT2D eigenvalue weighted by Gasteiger charge is 2.37. The third kappa shape index (κ3) is 2.96. The van der Waals surface area contributed by atoms with E-state index in [0.717, 1.165) is 12.8 Å². The van der Waals surface area contributed by atoms with E-state index in [0.29, 0.717) is 0 Å². The molecule has 0 saturated carbocycles. The fraction of sp³-hybridized carbons (Fsp3) is 0.152. The number of hydrogen-bond acceptors (Lipinski definition) is 1. The summed E-state index contributed by atoms with van der Waals surface area (Å²) >= 11 is 0. The number of nitrogens with one attached hydrogen (secondary N) is 1. The number of fused-ring (bicyclic) bond motifs is 5. The number of benzene rings is 4. The number of aromatic nitrogens is 1. The molecule has 0 bridgehead atoms. The van der Waals surface area contributed by atoms with E-state index in [2.05, 4.69) is 127 Å². The molecule has 2 heteroatoms. The molecule has 0 amide bonds. The summed E-state index contributed by atoms with van der Waals surface area (Å²) in [6, 6.07) is 35.0. The summed E-state index contributed by atoms with van der Waals surface area (Å²) in [5, 5.41) is 6.43. The zero-order valence-corrected chi connectivity index (χ0v) is 20.2. The van der Waals surface area contributed by atoms with Gasteiger partial charge in [-0.2, -0.15) is 0 Å². The molecule has 0 radical (unpaired) electrons. The molecule has 1 aromatic heterocycles. The first-order chi connectivity index (χ1) is 17.1. The van der Waals surface area contributed by atoms with Crippen molar-refractivity contribution in [3.05, 3.63) is 126 Å². The SMILES string of the molecule is CC1(C)C2=C(CCC(Nc3cccc4c3c3ccccc3n4-c3ccccc3)=C2)c2ccccc21. The van der Waals surface area contributed by atoms with Gasteiger partial charge in [0.25, 0.3) is 0 Å². The van der Waals surface area contributed by atoms with E-state index >= 15 is 0 Å². The van der Waals surface area contributed by atoms with Crippen LogP contribution < -0.4 is 5.32 Å². The second kappa shape index (κ2) is 7.48. The summed E-state index contributed by atoms with van der Waals surface area (Å²) in [6.45, 7) is 4.73. The van der Waals surface area contributed by atoms with Gasteiger partial charge in [-0.3, -0.25) is 0 Å². The lowest BCUT2D eigenvalue weighted by molar-refractivity contribution is 0.649. The molecule has 0 spiro atoms. The van der Waals surface area contributed by atoms with E-state index in [1.807, 2.05) is 0 Å². The van der Waals surface area contributed by atoms with Gasteiger partial charge in [0.15, 0.2) is 0 Å². The molecule has 0 saturated heterocycles. The number of rotatable bonds is 3. The molecule has 2 aliphatic rings. The van der Waals surface area contributed by atoms with E-state index in [-0.39, 0.29) is 5.41 Å². The quantitative estimate of drug-likeness (QED) is 0.290. The minimum atomic E-state index is 0.0363. The first-order valence-electron chi connectivity index (χ1n) is 12.5. The Morgan fingerprint density at radius 1 is 0.714 bits per heavy atom. The molecule has 2 aliphatic carbocycles. The lowest BCUT2D eigenvalue weighted by Gasteiger charge is -2.26. The third-order valence-corrected chi connectivity index (χ3v) is 7.89. The monoisotopic (exact) mass is 452 g/mol. The van der Waals surface area contributed by atoms with Crippen LogP contribution in [-0.2, 0) is 5.41 Å². The maximum Gasteiger partial charge on any atom is 0.0562 e. The smallest absolute Gasteiger partial charge is 0.0562 e. The summed E-state index contributed by atoms with van der Waals surface area (Å²) in [5.41, 5.74) is 12.0. The topological polar surface area (TPSA) is 17.0 Å². The van der Waals surface area contributed by atoms with Gasteiger partial charge >= 0.3 is 0 Å². The summed E-state index contributed by atoms with van der Waals surface area (Å²) in [6.07, 6.45) is 4.53. The van der Waals surface area contributed by atoms with Crippen LogP contribution in [0.25, 0.3) is 33.1 Å². The fourth-order valence-corrected chi connectivity index (χ4v) is 6.25. The Hall–Kier alpha value is -4.04. The van der Waals surface area contributed by atoms with Crippen molar-refractivity contribution in [2.24, 2.45) is 0 Å². The highest BCUT2D eigenvalue weighted by atomic mass is 15.0. The Balaban J connectivity index is 1.37. The van der Waals surface area contributed by atoms with E-state index in [1.54, 1.807) is 0 Å². The molecule has 5 aromatic rings. The number of allylic oxidation sites excluding steroid dienone is 4. The van der Waals surface area contributed by atoms with Gasteiger partial charge in [-0.05, 0) is 71.5 Å². The second-order valence-electron chi connectivity index (χ2n) is 10.2. The average Bonchev–Trinajstić information content (AvgIpc) is 3.35. The van der Waals surface area contributed by atoms with Gasteiger partial charge in [-0.25, -0.2) is 0 Å². The van der Waals surface area contributed by atoms with Crippen LogP contribution in [0.15, 0.2) is 114 Å². The maximum absolute atomic E-state index is 3.87. The van der Waals surface area contributed by atoms with Crippen LogP contribution in [0.4, 0.5) is 5.69 Å². The van der Waals surface area contributed by atoms with Crippen molar-refractivity contribution in [3.8, 4) is 5.69 Å². The van der Waals surface area contributed by atoms with Gasteiger partial charge in [-0.15, -0.1) is 0 Å². The molecule has 35 heavy (non-hydrogen) atoms. The molecule has 170 valence electrons. The van der Waals surface area contributed by atoms with Crippen molar-refractivity contribution >= 4 is 33.1 Å². The van der Waals surface area contributed by atoms with Crippen molar-refractivity contribution in [2.75, 3.05) is 5.32 Å². The Bertz CT molecular complexity index is 1680. The molecule has 0 unspecified atom stereocenters. The van der Waals surface area contributed by atoms with E-state index in [1.165, 1.54) is 61.2 Å². The zero-order chi connectivity index (χ0) is 23.6.